The average molecular weight is 204 g/mol. The molecule has 0 fully saturated rings. The SMILES string of the molecule is Cc1ccc(C(=O)C(F)(F)F)cc1O. The number of aryl methyl sites for hydroxylation is 1. The standard InChI is InChI=1S/C9H7F3O2/c1-5-2-3-6(4-7(5)13)8(14)9(10,11)12/h2-4,13H,1H3. The number of halogens is 3. The molecule has 2 nitrogen and oxygen atoms in total. The molecule has 1 N–H and O–H groups in total. The first-order valence-corrected chi connectivity index (χ1v) is 3.73. The first-order valence-electron chi connectivity index (χ1n) is 3.73. The van der Waals surface area contributed by atoms with Crippen molar-refractivity contribution in [1.29, 1.82) is 0 Å². The van der Waals surface area contributed by atoms with Crippen LogP contribution in [0.2, 0.25) is 0 Å². The molecule has 0 aliphatic heterocycles. The maximum absolute atomic E-state index is 11.9. The van der Waals surface area contributed by atoms with Crippen molar-refractivity contribution >= 4 is 5.78 Å². The topological polar surface area (TPSA) is 37.3 Å². The Kier molecular flexibility index (Phi) is 2.51. The molecule has 0 amide bonds. The summed E-state index contributed by atoms with van der Waals surface area (Å²) in [5.41, 5.74) is -0.135. The van der Waals surface area contributed by atoms with Gasteiger partial charge < -0.3 is 5.11 Å². The van der Waals surface area contributed by atoms with Gasteiger partial charge in [-0.15, -0.1) is 0 Å². The minimum atomic E-state index is -4.90. The molecule has 1 aromatic carbocycles. The zero-order valence-electron chi connectivity index (χ0n) is 7.22. The van der Waals surface area contributed by atoms with Crippen LogP contribution in [0, 0.1) is 6.92 Å². The van der Waals surface area contributed by atoms with Crippen LogP contribution in [0.1, 0.15) is 15.9 Å². The van der Waals surface area contributed by atoms with Gasteiger partial charge in [0.1, 0.15) is 5.75 Å². The molecule has 0 saturated carbocycles. The number of benzene rings is 1. The normalized spacial score (nSPS) is 11.4. The number of hydrogen-bond acceptors (Lipinski definition) is 2. The predicted octanol–water partition coefficient (Wildman–Crippen LogP) is 2.45. The van der Waals surface area contributed by atoms with Gasteiger partial charge in [0.25, 0.3) is 5.78 Å². The smallest absolute Gasteiger partial charge is 0.454 e. The Hall–Kier alpha value is -1.52. The molecule has 0 aromatic heterocycles. The molecule has 14 heavy (non-hydrogen) atoms. The van der Waals surface area contributed by atoms with E-state index < -0.39 is 17.5 Å². The molecule has 0 atom stereocenters. The van der Waals surface area contributed by atoms with Crippen molar-refractivity contribution in [1.82, 2.24) is 0 Å². The fourth-order valence-electron chi connectivity index (χ4n) is 0.914. The Labute approximate surface area is 78.0 Å². The molecule has 0 saturated heterocycles. The number of rotatable bonds is 1. The number of phenolic OH excluding ortho intramolecular Hbond substituents is 1. The summed E-state index contributed by atoms with van der Waals surface area (Å²) >= 11 is 0. The Bertz CT molecular complexity index is 369. The second-order valence-electron chi connectivity index (χ2n) is 2.83. The summed E-state index contributed by atoms with van der Waals surface area (Å²) < 4.78 is 35.8. The van der Waals surface area contributed by atoms with Crippen molar-refractivity contribution in [2.45, 2.75) is 13.1 Å². The van der Waals surface area contributed by atoms with E-state index in [2.05, 4.69) is 0 Å². The summed E-state index contributed by atoms with van der Waals surface area (Å²) in [6.07, 6.45) is -4.90. The van der Waals surface area contributed by atoms with E-state index in [1.165, 1.54) is 13.0 Å². The van der Waals surface area contributed by atoms with Crippen molar-refractivity contribution in [3.63, 3.8) is 0 Å². The Morgan fingerprint density at radius 3 is 2.36 bits per heavy atom. The molecule has 0 bridgehead atoms. The molecule has 0 spiro atoms. The predicted molar refractivity (Wildman–Crippen MR) is 43.2 cm³/mol. The lowest BCUT2D eigenvalue weighted by atomic mass is 10.1. The lowest BCUT2D eigenvalue weighted by molar-refractivity contribution is -0.0885. The quantitative estimate of drug-likeness (QED) is 0.713. The summed E-state index contributed by atoms with van der Waals surface area (Å²) in [6.45, 7) is 1.52. The molecule has 0 aliphatic rings. The third-order valence-electron chi connectivity index (χ3n) is 1.73. The third kappa shape index (κ3) is 2.04. The average Bonchev–Trinajstić information content (AvgIpc) is 2.07. The maximum atomic E-state index is 11.9. The molecule has 0 unspecified atom stereocenters. The molecular weight excluding hydrogens is 197 g/mol. The summed E-state index contributed by atoms with van der Waals surface area (Å²) in [5.74, 6) is -2.27. The summed E-state index contributed by atoms with van der Waals surface area (Å²) in [4.78, 5) is 10.7. The first kappa shape index (κ1) is 10.6. The molecule has 1 rings (SSSR count). The highest BCUT2D eigenvalue weighted by molar-refractivity contribution is 6.00. The second-order valence-corrected chi connectivity index (χ2v) is 2.83. The van der Waals surface area contributed by atoms with Gasteiger partial charge >= 0.3 is 6.18 Å². The fraction of sp³-hybridized carbons (Fsp3) is 0.222. The van der Waals surface area contributed by atoms with Crippen LogP contribution in [0.4, 0.5) is 13.2 Å². The van der Waals surface area contributed by atoms with Gasteiger partial charge in [0.05, 0.1) is 0 Å². The summed E-state index contributed by atoms with van der Waals surface area (Å²) in [6, 6.07) is 3.10. The third-order valence-corrected chi connectivity index (χ3v) is 1.73. The Balaban J connectivity index is 3.10. The number of carbonyl (C=O) groups is 1. The van der Waals surface area contributed by atoms with Gasteiger partial charge in [0.2, 0.25) is 0 Å². The number of aromatic hydroxyl groups is 1. The van der Waals surface area contributed by atoms with Gasteiger partial charge in [-0.3, -0.25) is 4.79 Å². The van der Waals surface area contributed by atoms with Gasteiger partial charge in [-0.05, 0) is 18.6 Å². The number of phenols is 1. The molecule has 1 aromatic rings. The number of alkyl halides is 3. The van der Waals surface area contributed by atoms with Crippen molar-refractivity contribution < 1.29 is 23.1 Å². The maximum Gasteiger partial charge on any atom is 0.454 e. The second kappa shape index (κ2) is 3.32. The van der Waals surface area contributed by atoms with Gasteiger partial charge in [0.15, 0.2) is 0 Å². The highest BCUT2D eigenvalue weighted by Crippen LogP contribution is 2.24. The molecule has 0 heterocycles. The molecule has 0 aliphatic carbocycles. The van der Waals surface area contributed by atoms with E-state index >= 15 is 0 Å². The van der Waals surface area contributed by atoms with E-state index in [1.807, 2.05) is 0 Å². The van der Waals surface area contributed by atoms with Crippen LogP contribution in [0.25, 0.3) is 0 Å². The number of ketones is 1. The fourth-order valence-corrected chi connectivity index (χ4v) is 0.914. The van der Waals surface area contributed by atoms with Gasteiger partial charge in [-0.25, -0.2) is 0 Å². The van der Waals surface area contributed by atoms with Crippen LogP contribution < -0.4 is 0 Å². The van der Waals surface area contributed by atoms with Crippen molar-refractivity contribution in [3.05, 3.63) is 29.3 Å². The highest BCUT2D eigenvalue weighted by Gasteiger charge is 2.39. The van der Waals surface area contributed by atoms with Gasteiger partial charge in [-0.2, -0.15) is 13.2 Å². The first-order chi connectivity index (χ1) is 6.32. The minimum Gasteiger partial charge on any atom is -0.508 e. The van der Waals surface area contributed by atoms with Crippen LogP contribution in [0.5, 0.6) is 5.75 Å². The number of carbonyl (C=O) groups excluding carboxylic acids is 1. The van der Waals surface area contributed by atoms with E-state index in [-0.39, 0.29) is 5.75 Å². The van der Waals surface area contributed by atoms with Crippen LogP contribution in [0.3, 0.4) is 0 Å². The molecule has 76 valence electrons. The summed E-state index contributed by atoms with van der Waals surface area (Å²) in [7, 11) is 0. The van der Waals surface area contributed by atoms with Crippen molar-refractivity contribution in [2.75, 3.05) is 0 Å². The zero-order valence-corrected chi connectivity index (χ0v) is 7.22. The van der Waals surface area contributed by atoms with Gasteiger partial charge in [-0.1, -0.05) is 12.1 Å². The zero-order chi connectivity index (χ0) is 10.9. The molecule has 5 heteroatoms. The van der Waals surface area contributed by atoms with Crippen LogP contribution in [-0.2, 0) is 0 Å². The lowest BCUT2D eigenvalue weighted by Crippen LogP contribution is -2.22. The van der Waals surface area contributed by atoms with Crippen molar-refractivity contribution in [2.24, 2.45) is 0 Å². The van der Waals surface area contributed by atoms with E-state index in [1.54, 1.807) is 0 Å². The lowest BCUT2D eigenvalue weighted by Gasteiger charge is -2.06. The summed E-state index contributed by atoms with van der Waals surface area (Å²) in [5, 5.41) is 9.10. The Morgan fingerprint density at radius 1 is 1.36 bits per heavy atom. The van der Waals surface area contributed by atoms with E-state index in [9.17, 15) is 18.0 Å². The van der Waals surface area contributed by atoms with Crippen molar-refractivity contribution in [3.8, 4) is 5.75 Å². The van der Waals surface area contributed by atoms with Crippen LogP contribution in [0.15, 0.2) is 18.2 Å². The van der Waals surface area contributed by atoms with Crippen LogP contribution in [-0.4, -0.2) is 17.1 Å². The van der Waals surface area contributed by atoms with Gasteiger partial charge in [0, 0.05) is 5.56 Å². The largest absolute Gasteiger partial charge is 0.508 e. The minimum absolute atomic E-state index is 0.319. The van der Waals surface area contributed by atoms with E-state index in [0.717, 1.165) is 12.1 Å². The number of hydrogen-bond donors (Lipinski definition) is 1. The Morgan fingerprint density at radius 2 is 1.93 bits per heavy atom. The highest BCUT2D eigenvalue weighted by atomic mass is 19.4. The monoisotopic (exact) mass is 204 g/mol. The van der Waals surface area contributed by atoms with E-state index in [0.29, 0.717) is 5.56 Å². The number of Topliss-reactive ketones (excluding diaryl/α,β-unsaturated/α-hetero) is 1. The van der Waals surface area contributed by atoms with E-state index in [4.69, 9.17) is 5.11 Å². The molecule has 0 radical (unpaired) electrons. The van der Waals surface area contributed by atoms with Crippen LogP contribution >= 0.6 is 0 Å². The molecular formula is C9H7F3O2.